The Kier molecular flexibility index (Phi) is 10.3. The molecule has 2 N–H and O–H groups in total. The number of aromatic nitrogens is 1. The summed E-state index contributed by atoms with van der Waals surface area (Å²) in [5, 5.41) is 6.62. The molecule has 3 aromatic rings. The number of nitrogens with one attached hydrogen (secondary N) is 2. The van der Waals surface area contributed by atoms with E-state index in [1.165, 1.54) is 5.56 Å². The first-order valence-electron chi connectivity index (χ1n) is 13.7. The molecule has 1 saturated heterocycles. The van der Waals surface area contributed by atoms with Crippen molar-refractivity contribution in [3.8, 4) is 11.6 Å². The van der Waals surface area contributed by atoms with Gasteiger partial charge in [-0.2, -0.15) is 0 Å². The van der Waals surface area contributed by atoms with Gasteiger partial charge in [0, 0.05) is 29.4 Å². The quantitative estimate of drug-likeness (QED) is 0.267. The van der Waals surface area contributed by atoms with E-state index in [0.717, 1.165) is 51.0 Å². The molecule has 1 aromatic heterocycles. The molecule has 1 aliphatic heterocycles. The Morgan fingerprint density at radius 2 is 1.82 bits per heavy atom. The molecule has 2 amide bonds. The van der Waals surface area contributed by atoms with Crippen LogP contribution in [-0.2, 0) is 4.79 Å². The minimum atomic E-state index is -0.195. The summed E-state index contributed by atoms with van der Waals surface area (Å²) in [7, 11) is 0. The van der Waals surface area contributed by atoms with E-state index in [1.54, 1.807) is 42.6 Å². The highest BCUT2D eigenvalue weighted by molar-refractivity contribution is 6.30. The maximum atomic E-state index is 12.8. The largest absolute Gasteiger partial charge is 0.438 e. The molecule has 4 rings (SSSR count). The Bertz CT molecular complexity index is 1240. The molecule has 2 aromatic carbocycles. The van der Waals surface area contributed by atoms with Gasteiger partial charge in [-0.25, -0.2) is 4.98 Å². The first-order valence-corrected chi connectivity index (χ1v) is 14.1. The molecule has 0 saturated carbocycles. The third-order valence-corrected chi connectivity index (χ3v) is 7.22. The monoisotopic (exact) mass is 548 g/mol. The van der Waals surface area contributed by atoms with Crippen molar-refractivity contribution in [2.24, 2.45) is 5.92 Å². The predicted octanol–water partition coefficient (Wildman–Crippen LogP) is 6.51. The van der Waals surface area contributed by atoms with Gasteiger partial charge in [0.2, 0.25) is 11.8 Å². The number of pyridine rings is 1. The zero-order chi connectivity index (χ0) is 27.6. The molecule has 0 atom stereocenters. The molecule has 0 aliphatic carbocycles. The van der Waals surface area contributed by atoms with E-state index in [-0.39, 0.29) is 23.6 Å². The number of carbonyl (C=O) groups is 2. The topological polar surface area (TPSA) is 83.6 Å². The third kappa shape index (κ3) is 8.53. The summed E-state index contributed by atoms with van der Waals surface area (Å²) in [6.07, 6.45) is 5.73. The summed E-state index contributed by atoms with van der Waals surface area (Å²) in [6.45, 7) is 7.53. The fourth-order valence-corrected chi connectivity index (χ4v) is 4.79. The lowest BCUT2D eigenvalue weighted by Gasteiger charge is -2.32. The summed E-state index contributed by atoms with van der Waals surface area (Å²) < 4.78 is 5.81. The zero-order valence-corrected chi connectivity index (χ0v) is 23.4. The number of carbonyl (C=O) groups excluding carboxylic acids is 2. The van der Waals surface area contributed by atoms with Gasteiger partial charge in [0.25, 0.3) is 5.91 Å². The van der Waals surface area contributed by atoms with Gasteiger partial charge < -0.3 is 20.3 Å². The SMILES string of the molecule is CC(C)C(=O)Nc1cccc(C2CCN(CCCCNC(=O)c3cccnc3Oc3ccc(Cl)cc3)CC2)c1. The molecule has 0 bridgehead atoms. The Morgan fingerprint density at radius 3 is 2.56 bits per heavy atom. The average Bonchev–Trinajstić information content (AvgIpc) is 2.94. The Labute approximate surface area is 235 Å². The summed E-state index contributed by atoms with van der Waals surface area (Å²) >= 11 is 5.94. The summed E-state index contributed by atoms with van der Waals surface area (Å²) in [5.74, 6) is 1.17. The number of piperidine rings is 1. The van der Waals surface area contributed by atoms with Gasteiger partial charge in [-0.3, -0.25) is 9.59 Å². The smallest absolute Gasteiger partial charge is 0.256 e. The molecule has 206 valence electrons. The molecule has 39 heavy (non-hydrogen) atoms. The van der Waals surface area contributed by atoms with Crippen LogP contribution in [0.3, 0.4) is 0 Å². The van der Waals surface area contributed by atoms with Crippen LogP contribution in [0.5, 0.6) is 11.6 Å². The first-order chi connectivity index (χ1) is 18.9. The number of likely N-dealkylation sites (tertiary alicyclic amines) is 1. The fraction of sp³-hybridized carbons (Fsp3) is 0.387. The number of amides is 2. The van der Waals surface area contributed by atoms with Crippen molar-refractivity contribution in [1.82, 2.24) is 15.2 Å². The maximum absolute atomic E-state index is 12.8. The second kappa shape index (κ2) is 14.1. The van der Waals surface area contributed by atoms with E-state index < -0.39 is 0 Å². The number of hydrogen-bond donors (Lipinski definition) is 2. The molecule has 0 unspecified atom stereocenters. The van der Waals surface area contributed by atoms with Crippen molar-refractivity contribution >= 4 is 29.1 Å². The number of benzene rings is 2. The molecular weight excluding hydrogens is 512 g/mol. The van der Waals surface area contributed by atoms with Gasteiger partial charge in [-0.1, -0.05) is 37.6 Å². The van der Waals surface area contributed by atoms with E-state index in [0.29, 0.717) is 28.8 Å². The van der Waals surface area contributed by atoms with Crippen LogP contribution in [0.25, 0.3) is 0 Å². The van der Waals surface area contributed by atoms with Crippen LogP contribution >= 0.6 is 11.6 Å². The van der Waals surface area contributed by atoms with Crippen molar-refractivity contribution in [3.05, 3.63) is 83.0 Å². The fourth-order valence-electron chi connectivity index (χ4n) is 4.66. The lowest BCUT2D eigenvalue weighted by atomic mass is 9.89. The normalized spacial score (nSPS) is 14.3. The van der Waals surface area contributed by atoms with Crippen LogP contribution < -0.4 is 15.4 Å². The predicted molar refractivity (Wildman–Crippen MR) is 156 cm³/mol. The Hall–Kier alpha value is -3.42. The van der Waals surface area contributed by atoms with Gasteiger partial charge in [0.05, 0.1) is 0 Å². The number of rotatable bonds is 11. The molecule has 0 spiro atoms. The van der Waals surface area contributed by atoms with E-state index in [4.69, 9.17) is 16.3 Å². The van der Waals surface area contributed by atoms with Gasteiger partial charge in [0.15, 0.2) is 0 Å². The van der Waals surface area contributed by atoms with Crippen LogP contribution in [-0.4, -0.2) is 47.9 Å². The van der Waals surface area contributed by atoms with Gasteiger partial charge in [-0.05, 0) is 105 Å². The number of nitrogens with zero attached hydrogens (tertiary/aromatic N) is 2. The van der Waals surface area contributed by atoms with Gasteiger partial charge >= 0.3 is 0 Å². The standard InChI is InChI=1S/C31H37ClN4O3/c1-22(2)29(37)35-26-8-5-7-24(21-26)23-14-19-36(20-15-23)18-4-3-16-33-30(38)28-9-6-17-34-31(28)39-27-12-10-25(32)11-13-27/h5-13,17,21-23H,3-4,14-16,18-20H2,1-2H3,(H,33,38)(H,35,37). The summed E-state index contributed by atoms with van der Waals surface area (Å²) in [5.41, 5.74) is 2.58. The van der Waals surface area contributed by atoms with Crippen LogP contribution in [0.2, 0.25) is 5.02 Å². The van der Waals surface area contributed by atoms with E-state index in [9.17, 15) is 9.59 Å². The maximum Gasteiger partial charge on any atom is 0.256 e. The molecular formula is C31H37ClN4O3. The van der Waals surface area contributed by atoms with Gasteiger partial charge in [0.1, 0.15) is 11.3 Å². The summed E-state index contributed by atoms with van der Waals surface area (Å²) in [4.78, 5) is 31.5. The Morgan fingerprint density at radius 1 is 1.05 bits per heavy atom. The van der Waals surface area contributed by atoms with Crippen LogP contribution in [0, 0.1) is 5.92 Å². The van der Waals surface area contributed by atoms with Crippen molar-refractivity contribution in [2.75, 3.05) is 31.5 Å². The highest BCUT2D eigenvalue weighted by Gasteiger charge is 2.21. The number of ether oxygens (including phenoxy) is 1. The van der Waals surface area contributed by atoms with Crippen molar-refractivity contribution < 1.29 is 14.3 Å². The zero-order valence-electron chi connectivity index (χ0n) is 22.7. The molecule has 0 radical (unpaired) electrons. The summed E-state index contributed by atoms with van der Waals surface area (Å²) in [6, 6.07) is 18.7. The number of halogens is 1. The molecule has 8 heteroatoms. The molecule has 7 nitrogen and oxygen atoms in total. The molecule has 1 fully saturated rings. The lowest BCUT2D eigenvalue weighted by molar-refractivity contribution is -0.118. The third-order valence-electron chi connectivity index (χ3n) is 6.97. The number of unbranched alkanes of at least 4 members (excludes halogenated alkanes) is 1. The molecule has 1 aliphatic rings. The second-order valence-electron chi connectivity index (χ2n) is 10.3. The van der Waals surface area contributed by atoms with E-state index in [2.05, 4.69) is 32.7 Å². The van der Waals surface area contributed by atoms with Gasteiger partial charge in [-0.15, -0.1) is 0 Å². The van der Waals surface area contributed by atoms with Crippen LogP contribution in [0.1, 0.15) is 61.4 Å². The van der Waals surface area contributed by atoms with Crippen molar-refractivity contribution in [3.63, 3.8) is 0 Å². The first kappa shape index (κ1) is 28.6. The van der Waals surface area contributed by atoms with E-state index in [1.807, 2.05) is 26.0 Å². The Balaban J connectivity index is 1.16. The van der Waals surface area contributed by atoms with Crippen LogP contribution in [0.15, 0.2) is 66.9 Å². The minimum Gasteiger partial charge on any atom is -0.438 e. The van der Waals surface area contributed by atoms with Crippen molar-refractivity contribution in [2.45, 2.75) is 45.4 Å². The number of anilines is 1. The van der Waals surface area contributed by atoms with E-state index >= 15 is 0 Å². The number of hydrogen-bond acceptors (Lipinski definition) is 5. The minimum absolute atomic E-state index is 0.0350. The highest BCUT2D eigenvalue weighted by Crippen LogP contribution is 2.30. The average molecular weight is 549 g/mol. The van der Waals surface area contributed by atoms with Crippen molar-refractivity contribution in [1.29, 1.82) is 0 Å². The van der Waals surface area contributed by atoms with Crippen LogP contribution in [0.4, 0.5) is 5.69 Å². The lowest BCUT2D eigenvalue weighted by Crippen LogP contribution is -2.34. The highest BCUT2D eigenvalue weighted by atomic mass is 35.5. The second-order valence-corrected chi connectivity index (χ2v) is 10.7. The molecule has 2 heterocycles.